The number of benzene rings is 1. The van der Waals surface area contributed by atoms with Crippen molar-refractivity contribution in [2.75, 3.05) is 0 Å². The van der Waals surface area contributed by atoms with Gasteiger partial charge in [-0.3, -0.25) is 0 Å². The number of hydrogen-bond donors (Lipinski definition) is 0. The van der Waals surface area contributed by atoms with Crippen LogP contribution in [-0.4, -0.2) is 18.6 Å². The number of halogens is 2. The van der Waals surface area contributed by atoms with E-state index in [1.807, 2.05) is 0 Å². The van der Waals surface area contributed by atoms with E-state index in [4.69, 9.17) is 17.0 Å². The zero-order valence-corrected chi connectivity index (χ0v) is 34.3. The molecule has 4 aliphatic carbocycles. The van der Waals surface area contributed by atoms with Crippen LogP contribution in [0.25, 0.3) is 0 Å². The van der Waals surface area contributed by atoms with Crippen LogP contribution in [0.3, 0.4) is 0 Å². The van der Waals surface area contributed by atoms with Gasteiger partial charge in [0.1, 0.15) is 0 Å². The van der Waals surface area contributed by atoms with Crippen LogP contribution in [0.4, 0.5) is 0 Å². The monoisotopic (exact) mass is 726 g/mol. The first-order chi connectivity index (χ1) is 18.9. The summed E-state index contributed by atoms with van der Waals surface area (Å²) in [6.45, 7) is 20.9. The van der Waals surface area contributed by atoms with Gasteiger partial charge in [0, 0.05) is 10.5 Å². The zero-order chi connectivity index (χ0) is 29.0. The molecule has 0 spiro atoms. The summed E-state index contributed by atoms with van der Waals surface area (Å²) < 4.78 is 0. The minimum absolute atomic E-state index is 0. The van der Waals surface area contributed by atoms with Crippen LogP contribution in [-0.2, 0) is 26.3 Å². The van der Waals surface area contributed by atoms with E-state index in [0.717, 1.165) is 68.9 Å². The Labute approximate surface area is 286 Å². The average molecular weight is 729 g/mol. The van der Waals surface area contributed by atoms with Crippen LogP contribution in [0.5, 0.6) is 0 Å². The standard InChI is InChI=1S/C35H56SSi.2CH3.2ClH.Zr/c1-21-20-29-26(24-16-18-25(19-17-24)35(4,5)6)13-11-14-27(29)33(21)37(7,8)34-23(3)22(2)31-28-12-9-10-15-30(28)36-32(31)34;;;;;/h16-19,21-23,26-34H,9-15,20H2,1-8H3;2*1H3;2*1H;/q;2*-1;;;+4/p-2. The molecule has 42 heavy (non-hydrogen) atoms. The number of hydrogen-bond acceptors (Lipinski definition) is 1. The normalized spacial score (nSPS) is 40.7. The van der Waals surface area contributed by atoms with E-state index in [1.165, 1.54) is 50.5 Å². The van der Waals surface area contributed by atoms with E-state index in [1.54, 1.807) is 12.0 Å². The minimum atomic E-state index is -1.45. The molecule has 6 rings (SSSR count). The van der Waals surface area contributed by atoms with Gasteiger partial charge >= 0.3 is 37.9 Å². The Morgan fingerprint density at radius 2 is 1.38 bits per heavy atom. The molecule has 0 radical (unpaired) electrons. The van der Waals surface area contributed by atoms with E-state index < -0.39 is 28.9 Å². The Morgan fingerprint density at radius 3 is 2.00 bits per heavy atom. The second kappa shape index (κ2) is 15.0. The quantitative estimate of drug-likeness (QED) is 0.221. The van der Waals surface area contributed by atoms with E-state index in [-0.39, 0.29) is 20.3 Å². The summed E-state index contributed by atoms with van der Waals surface area (Å²) in [5, 5.41) is 2.00. The van der Waals surface area contributed by atoms with E-state index >= 15 is 0 Å². The summed E-state index contributed by atoms with van der Waals surface area (Å²) in [5.41, 5.74) is 5.48. The van der Waals surface area contributed by atoms with Crippen LogP contribution < -0.4 is 0 Å². The molecule has 0 amide bonds. The molecule has 0 bridgehead atoms. The Balaban J connectivity index is 0.000000930. The molecule has 238 valence electrons. The molecule has 12 unspecified atom stereocenters. The first-order valence-electron chi connectivity index (χ1n) is 16.6. The van der Waals surface area contributed by atoms with E-state index in [0.29, 0.717) is 0 Å². The summed E-state index contributed by atoms with van der Waals surface area (Å²) in [5.74, 6) is 7.66. The zero-order valence-electron chi connectivity index (χ0n) is 28.6. The average Bonchev–Trinajstić information content (AvgIpc) is 3.52. The third kappa shape index (κ3) is 6.92. The first kappa shape index (κ1) is 37.7. The first-order valence-corrected chi connectivity index (χ1v) is 27.1. The van der Waals surface area contributed by atoms with E-state index in [9.17, 15) is 0 Å². The van der Waals surface area contributed by atoms with Gasteiger partial charge in [-0.15, -0.1) is 0 Å². The maximum atomic E-state index is 4.93. The van der Waals surface area contributed by atoms with Gasteiger partial charge in [0.05, 0.1) is 8.07 Å². The van der Waals surface area contributed by atoms with Crippen molar-refractivity contribution in [3.05, 3.63) is 50.2 Å². The Bertz CT molecular complexity index is 992. The molecule has 0 N–H and O–H groups in total. The number of fused-ring (bicyclic) bond motifs is 4. The summed E-state index contributed by atoms with van der Waals surface area (Å²) >= 11 is 1.71. The Kier molecular flexibility index (Phi) is 13.5. The molecule has 12 atom stereocenters. The summed E-state index contributed by atoms with van der Waals surface area (Å²) in [4.78, 5) is 0. The molecular formula is C37H62Cl2SSiZr. The fourth-order valence-electron chi connectivity index (χ4n) is 11.6. The van der Waals surface area contributed by atoms with Crippen LogP contribution in [0, 0.1) is 56.3 Å². The van der Waals surface area contributed by atoms with Gasteiger partial charge in [-0.2, -0.15) is 11.8 Å². The molecule has 1 heterocycles. The third-order valence-corrected chi connectivity index (χ3v) is 20.5. The van der Waals surface area contributed by atoms with Crippen LogP contribution >= 0.6 is 28.8 Å². The van der Waals surface area contributed by atoms with Crippen molar-refractivity contribution in [1.82, 2.24) is 0 Å². The Morgan fingerprint density at radius 1 is 0.786 bits per heavy atom. The van der Waals surface area contributed by atoms with Gasteiger partial charge in [0.25, 0.3) is 0 Å². The molecule has 1 saturated heterocycles. The van der Waals surface area contributed by atoms with Gasteiger partial charge < -0.3 is 14.9 Å². The van der Waals surface area contributed by atoms with Crippen molar-refractivity contribution >= 4 is 36.9 Å². The van der Waals surface area contributed by atoms with Gasteiger partial charge in [0.2, 0.25) is 0 Å². The molecule has 1 aromatic rings. The van der Waals surface area contributed by atoms with Crippen molar-refractivity contribution in [3.63, 3.8) is 0 Å². The molecule has 0 aromatic heterocycles. The van der Waals surface area contributed by atoms with Crippen molar-refractivity contribution in [2.24, 2.45) is 41.4 Å². The molecule has 5 fully saturated rings. The van der Waals surface area contributed by atoms with Crippen molar-refractivity contribution in [1.29, 1.82) is 0 Å². The fraction of sp³-hybridized carbons (Fsp3) is 0.784. The van der Waals surface area contributed by atoms with Crippen molar-refractivity contribution in [2.45, 2.75) is 139 Å². The number of thioether (sulfide) groups is 1. The molecule has 0 nitrogen and oxygen atoms in total. The summed E-state index contributed by atoms with van der Waals surface area (Å²) in [6.07, 6.45) is 12.0. The number of rotatable bonds is 3. The van der Waals surface area contributed by atoms with Crippen LogP contribution in [0.2, 0.25) is 24.2 Å². The van der Waals surface area contributed by atoms with E-state index in [2.05, 4.69) is 90.7 Å². The molecule has 5 aliphatic rings. The van der Waals surface area contributed by atoms with Crippen molar-refractivity contribution in [3.8, 4) is 0 Å². The molecular weight excluding hydrogens is 667 g/mol. The predicted octanol–water partition coefficient (Wildman–Crippen LogP) is 12.8. The van der Waals surface area contributed by atoms with Crippen LogP contribution in [0.15, 0.2) is 24.3 Å². The maximum absolute atomic E-state index is 4.93. The Hall–Kier alpha value is 1.25. The molecule has 1 aliphatic heterocycles. The van der Waals surface area contributed by atoms with Gasteiger partial charge in [-0.25, -0.2) is 0 Å². The molecule has 5 heteroatoms. The van der Waals surface area contributed by atoms with Gasteiger partial charge in [0.15, 0.2) is 0 Å². The fourth-order valence-corrected chi connectivity index (χ4v) is 21.5. The predicted molar refractivity (Wildman–Crippen MR) is 191 cm³/mol. The van der Waals surface area contributed by atoms with Crippen molar-refractivity contribution < 1.29 is 20.8 Å². The van der Waals surface area contributed by atoms with Crippen LogP contribution in [0.1, 0.15) is 110 Å². The topological polar surface area (TPSA) is 0 Å². The summed E-state index contributed by atoms with van der Waals surface area (Å²) in [6, 6.07) is 9.95. The molecule has 4 saturated carbocycles. The van der Waals surface area contributed by atoms with Gasteiger partial charge in [-0.1, -0.05) is 105 Å². The third-order valence-electron chi connectivity index (χ3n) is 13.1. The SMILES string of the molecule is CC1CC2C(c3ccc(C(C)(C)C)cc3)CCCC2C1[Si](C)(C)C1C(C)C(C)C2C3CCCCC3SC21.[CH3-].[CH3-].[Cl][Zr+2][Cl]. The summed E-state index contributed by atoms with van der Waals surface area (Å²) in [7, 11) is 8.42. The second-order valence-corrected chi connectivity index (χ2v) is 26.4. The molecule has 1 aromatic carbocycles. The second-order valence-electron chi connectivity index (χ2n) is 16.3. The van der Waals surface area contributed by atoms with Gasteiger partial charge in [-0.05, 0) is 101 Å².